The molecule has 6 rings (SSSR count). The maximum absolute atomic E-state index is 13.9. The Balaban J connectivity index is 0.00000323. The molecular formula is C32H29Cl2N3O3. The van der Waals surface area contributed by atoms with Crippen molar-refractivity contribution in [3.05, 3.63) is 125 Å². The van der Waals surface area contributed by atoms with E-state index in [0.717, 1.165) is 28.9 Å². The number of carbonyl (C=O) groups excluding carboxylic acids is 2. The van der Waals surface area contributed by atoms with Gasteiger partial charge in [0.25, 0.3) is 5.91 Å². The van der Waals surface area contributed by atoms with Gasteiger partial charge in [0, 0.05) is 35.8 Å². The van der Waals surface area contributed by atoms with Gasteiger partial charge in [0.05, 0.1) is 35.9 Å². The summed E-state index contributed by atoms with van der Waals surface area (Å²) >= 11 is 6.68. The van der Waals surface area contributed by atoms with Crippen LogP contribution in [0.5, 0.6) is 0 Å². The molecule has 40 heavy (non-hydrogen) atoms. The SMILES string of the molecule is Cl.O=C(Nc1ccc(C(=O)C2CC=CC3=CNC=C4COCCN4[C@H]32)c(Cl)c1)c1ccccc1-c1ccccc1. The lowest BCUT2D eigenvalue weighted by Gasteiger charge is -2.42. The Morgan fingerprint density at radius 3 is 2.60 bits per heavy atom. The van der Waals surface area contributed by atoms with E-state index in [9.17, 15) is 9.59 Å². The van der Waals surface area contributed by atoms with E-state index in [1.165, 1.54) is 0 Å². The number of fused-ring (bicyclic) bond motifs is 3. The first-order valence-electron chi connectivity index (χ1n) is 13.1. The molecule has 0 spiro atoms. The normalized spacial score (nSPS) is 19.5. The van der Waals surface area contributed by atoms with Crippen molar-refractivity contribution in [1.82, 2.24) is 10.2 Å². The highest BCUT2D eigenvalue weighted by Crippen LogP contribution is 2.36. The quantitative estimate of drug-likeness (QED) is 0.342. The van der Waals surface area contributed by atoms with Crippen LogP contribution in [0.3, 0.4) is 0 Å². The lowest BCUT2D eigenvalue weighted by atomic mass is 9.79. The van der Waals surface area contributed by atoms with Gasteiger partial charge in [-0.1, -0.05) is 72.3 Å². The summed E-state index contributed by atoms with van der Waals surface area (Å²) in [5.41, 5.74) is 5.45. The van der Waals surface area contributed by atoms with Crippen LogP contribution in [0.2, 0.25) is 5.02 Å². The summed E-state index contributed by atoms with van der Waals surface area (Å²) in [4.78, 5) is 29.4. The summed E-state index contributed by atoms with van der Waals surface area (Å²) in [7, 11) is 0. The van der Waals surface area contributed by atoms with E-state index in [4.69, 9.17) is 16.3 Å². The highest BCUT2D eigenvalue weighted by atomic mass is 35.5. The van der Waals surface area contributed by atoms with Crippen molar-refractivity contribution >= 4 is 41.4 Å². The summed E-state index contributed by atoms with van der Waals surface area (Å²) in [5.74, 6) is -0.548. The number of halogens is 2. The Labute approximate surface area is 244 Å². The molecule has 8 heteroatoms. The fraction of sp³-hybridized carbons (Fsp3) is 0.188. The average molecular weight is 575 g/mol. The van der Waals surface area contributed by atoms with E-state index >= 15 is 0 Å². The molecule has 0 aromatic heterocycles. The number of benzene rings is 3. The van der Waals surface area contributed by atoms with Crippen LogP contribution in [0.15, 0.2) is 109 Å². The predicted molar refractivity (Wildman–Crippen MR) is 161 cm³/mol. The Morgan fingerprint density at radius 2 is 1.77 bits per heavy atom. The third kappa shape index (κ3) is 5.43. The van der Waals surface area contributed by atoms with Crippen LogP contribution < -0.4 is 10.6 Å². The number of hydrogen-bond donors (Lipinski definition) is 2. The number of amides is 1. The van der Waals surface area contributed by atoms with Gasteiger partial charge in [-0.15, -0.1) is 12.4 Å². The van der Waals surface area contributed by atoms with Gasteiger partial charge >= 0.3 is 0 Å². The van der Waals surface area contributed by atoms with E-state index in [1.54, 1.807) is 24.3 Å². The summed E-state index contributed by atoms with van der Waals surface area (Å²) in [6.07, 6.45) is 8.65. The van der Waals surface area contributed by atoms with Crippen molar-refractivity contribution in [3.63, 3.8) is 0 Å². The second-order valence-corrected chi connectivity index (χ2v) is 10.2. The number of allylic oxidation sites excluding steroid dienone is 1. The van der Waals surface area contributed by atoms with Gasteiger partial charge in [0.15, 0.2) is 5.78 Å². The lowest BCUT2D eigenvalue weighted by Crippen LogP contribution is -2.48. The number of rotatable bonds is 5. The third-order valence-electron chi connectivity index (χ3n) is 7.44. The average Bonchev–Trinajstić information content (AvgIpc) is 3.17. The number of carbonyl (C=O) groups is 2. The fourth-order valence-corrected chi connectivity index (χ4v) is 5.85. The summed E-state index contributed by atoms with van der Waals surface area (Å²) in [6.45, 7) is 1.85. The molecular weight excluding hydrogens is 545 g/mol. The van der Waals surface area contributed by atoms with Crippen molar-refractivity contribution in [2.75, 3.05) is 25.1 Å². The standard InChI is InChI=1S/C32H28ClN3O3.ClH/c33-29-17-23(35-32(38)26-11-5-4-10-25(26)21-7-2-1-3-8-21)13-14-27(29)31(37)28-12-6-9-22-18-34-19-24-20-39-16-15-36(24)30(22)28;/h1-11,13-14,17-19,28,30,34H,12,15-16,20H2,(H,35,38);1H/t28?,30-;/m1./s1. The van der Waals surface area contributed by atoms with Crippen molar-refractivity contribution in [2.45, 2.75) is 12.5 Å². The number of anilines is 1. The van der Waals surface area contributed by atoms with Crippen LogP contribution in [-0.4, -0.2) is 42.4 Å². The molecule has 2 heterocycles. The minimum absolute atomic E-state index is 0. The Kier molecular flexibility index (Phi) is 8.40. The molecule has 3 aromatic rings. The molecule has 2 aliphatic heterocycles. The zero-order valence-corrected chi connectivity index (χ0v) is 23.3. The van der Waals surface area contributed by atoms with Crippen LogP contribution in [0.25, 0.3) is 11.1 Å². The maximum Gasteiger partial charge on any atom is 0.256 e. The summed E-state index contributed by atoms with van der Waals surface area (Å²) in [5, 5.41) is 6.51. The topological polar surface area (TPSA) is 70.7 Å². The molecule has 1 aliphatic carbocycles. The second kappa shape index (κ2) is 12.1. The molecule has 2 atom stereocenters. The van der Waals surface area contributed by atoms with Crippen molar-refractivity contribution in [1.29, 1.82) is 0 Å². The minimum atomic E-state index is -0.293. The van der Waals surface area contributed by atoms with Gasteiger partial charge in [0.1, 0.15) is 0 Å². The Hall–Kier alpha value is -3.84. The van der Waals surface area contributed by atoms with Crippen molar-refractivity contribution < 1.29 is 14.3 Å². The van der Waals surface area contributed by atoms with Crippen LogP contribution in [0.1, 0.15) is 27.1 Å². The van der Waals surface area contributed by atoms with Crippen LogP contribution in [0, 0.1) is 5.92 Å². The van der Waals surface area contributed by atoms with Gasteiger partial charge < -0.3 is 20.3 Å². The number of Topliss-reactive ketones (excluding diaryl/α,β-unsaturated/α-hetero) is 1. The van der Waals surface area contributed by atoms with E-state index in [0.29, 0.717) is 41.5 Å². The predicted octanol–water partition coefficient (Wildman–Crippen LogP) is 6.47. The number of ether oxygens (including phenoxy) is 1. The van der Waals surface area contributed by atoms with Crippen LogP contribution in [0.4, 0.5) is 5.69 Å². The van der Waals surface area contributed by atoms with Gasteiger partial charge in [-0.2, -0.15) is 0 Å². The highest BCUT2D eigenvalue weighted by molar-refractivity contribution is 6.34. The Bertz CT molecular complexity index is 1520. The monoisotopic (exact) mass is 573 g/mol. The molecule has 0 radical (unpaired) electrons. The number of nitrogens with zero attached hydrogens (tertiary/aromatic N) is 1. The first-order valence-corrected chi connectivity index (χ1v) is 13.4. The first kappa shape index (κ1) is 27.7. The highest BCUT2D eigenvalue weighted by Gasteiger charge is 2.39. The Morgan fingerprint density at radius 1 is 0.975 bits per heavy atom. The van der Waals surface area contributed by atoms with E-state index in [-0.39, 0.29) is 36.1 Å². The number of morpholine rings is 1. The number of nitrogens with one attached hydrogen (secondary N) is 2. The second-order valence-electron chi connectivity index (χ2n) is 9.81. The van der Waals surface area contributed by atoms with Crippen molar-refractivity contribution in [3.8, 4) is 11.1 Å². The largest absolute Gasteiger partial charge is 0.373 e. The van der Waals surface area contributed by atoms with E-state index in [1.807, 2.05) is 67.0 Å². The molecule has 3 aliphatic rings. The summed E-state index contributed by atoms with van der Waals surface area (Å²) in [6, 6.07) is 22.3. The molecule has 6 nitrogen and oxygen atoms in total. The molecule has 2 N–H and O–H groups in total. The third-order valence-corrected chi connectivity index (χ3v) is 7.75. The zero-order valence-electron chi connectivity index (χ0n) is 21.7. The number of ketones is 1. The molecule has 1 fully saturated rings. The zero-order chi connectivity index (χ0) is 26.8. The molecule has 204 valence electrons. The smallest absolute Gasteiger partial charge is 0.256 e. The first-order chi connectivity index (χ1) is 19.1. The minimum Gasteiger partial charge on any atom is -0.373 e. The van der Waals surface area contributed by atoms with Crippen molar-refractivity contribution in [2.24, 2.45) is 5.92 Å². The van der Waals surface area contributed by atoms with Gasteiger partial charge in [0.2, 0.25) is 0 Å². The fourth-order valence-electron chi connectivity index (χ4n) is 5.58. The lowest BCUT2D eigenvalue weighted by molar-refractivity contribution is 0.0455. The summed E-state index contributed by atoms with van der Waals surface area (Å²) < 4.78 is 5.65. The molecule has 0 bridgehead atoms. The van der Waals surface area contributed by atoms with Crippen LogP contribution in [-0.2, 0) is 4.74 Å². The van der Waals surface area contributed by atoms with E-state index < -0.39 is 0 Å². The van der Waals surface area contributed by atoms with E-state index in [2.05, 4.69) is 21.6 Å². The molecule has 3 aromatic carbocycles. The molecule has 1 saturated heterocycles. The maximum atomic E-state index is 13.9. The van der Waals surface area contributed by atoms with Crippen LogP contribution >= 0.6 is 24.0 Å². The number of hydrogen-bond acceptors (Lipinski definition) is 5. The molecule has 0 saturated carbocycles. The van der Waals surface area contributed by atoms with Gasteiger partial charge in [-0.05, 0) is 47.4 Å². The molecule has 1 unspecified atom stereocenters. The van der Waals surface area contributed by atoms with Gasteiger partial charge in [-0.25, -0.2) is 0 Å². The van der Waals surface area contributed by atoms with Gasteiger partial charge in [-0.3, -0.25) is 9.59 Å². The molecule has 1 amide bonds.